The van der Waals surface area contributed by atoms with E-state index in [0.29, 0.717) is 10.6 Å². The molecule has 0 atom stereocenters. The zero-order chi connectivity index (χ0) is 15.2. The van der Waals surface area contributed by atoms with Crippen LogP contribution >= 0.6 is 11.3 Å². The minimum absolute atomic E-state index is 0.0315. The second kappa shape index (κ2) is 4.87. The van der Waals surface area contributed by atoms with Gasteiger partial charge in [0, 0.05) is 10.4 Å². The minimum Gasteiger partial charge on any atom is -0.390 e. The summed E-state index contributed by atoms with van der Waals surface area (Å²) in [6.07, 6.45) is -1.84. The third-order valence-electron chi connectivity index (χ3n) is 3.63. The van der Waals surface area contributed by atoms with Gasteiger partial charge in [-0.1, -0.05) is 12.1 Å². The average molecular weight is 311 g/mol. The fourth-order valence-corrected chi connectivity index (χ4v) is 3.81. The lowest BCUT2D eigenvalue weighted by Crippen LogP contribution is -2.09. The highest BCUT2D eigenvalue weighted by Gasteiger charge is 2.32. The monoisotopic (exact) mass is 311 g/mol. The van der Waals surface area contributed by atoms with Gasteiger partial charge < -0.3 is 5.73 Å². The van der Waals surface area contributed by atoms with Crippen molar-refractivity contribution in [2.45, 2.75) is 25.4 Å². The molecule has 1 aliphatic carbocycles. The maximum atomic E-state index is 12.7. The number of carbonyl (C=O) groups excluding carboxylic acids is 1. The van der Waals surface area contributed by atoms with Crippen LogP contribution < -0.4 is 5.73 Å². The maximum Gasteiger partial charge on any atom is 0.416 e. The molecule has 0 radical (unpaired) electrons. The highest BCUT2D eigenvalue weighted by molar-refractivity contribution is 7.16. The van der Waals surface area contributed by atoms with Gasteiger partial charge in [0.05, 0.1) is 16.1 Å². The van der Waals surface area contributed by atoms with Gasteiger partial charge >= 0.3 is 6.18 Å². The maximum absolute atomic E-state index is 12.7. The molecule has 0 spiro atoms. The van der Waals surface area contributed by atoms with E-state index in [2.05, 4.69) is 0 Å². The Bertz CT molecular complexity index is 718. The summed E-state index contributed by atoms with van der Waals surface area (Å²) in [6.45, 7) is 0. The number of carbonyl (C=O) groups is 1. The van der Waals surface area contributed by atoms with E-state index in [1.165, 1.54) is 23.5 Å². The van der Waals surface area contributed by atoms with E-state index >= 15 is 0 Å². The van der Waals surface area contributed by atoms with Gasteiger partial charge in [0.1, 0.15) is 0 Å². The van der Waals surface area contributed by atoms with Crippen LogP contribution in [0.1, 0.15) is 38.3 Å². The molecule has 0 fully saturated rings. The van der Waals surface area contributed by atoms with Crippen molar-refractivity contribution < 1.29 is 18.0 Å². The van der Waals surface area contributed by atoms with E-state index < -0.39 is 17.5 Å². The van der Waals surface area contributed by atoms with Crippen LogP contribution in [0.5, 0.6) is 0 Å². The predicted octanol–water partition coefficient (Wildman–Crippen LogP) is 4.07. The molecule has 0 saturated heterocycles. The molecule has 2 aromatic rings. The topological polar surface area (TPSA) is 43.1 Å². The SMILES string of the molecule is Nc1sc2c(c1C(=O)c1cccc(C(F)(F)F)c1)CCC2. The van der Waals surface area contributed by atoms with E-state index in [9.17, 15) is 18.0 Å². The predicted molar refractivity (Wildman–Crippen MR) is 75.6 cm³/mol. The molecule has 0 amide bonds. The van der Waals surface area contributed by atoms with Gasteiger partial charge in [0.2, 0.25) is 0 Å². The van der Waals surface area contributed by atoms with E-state index in [-0.39, 0.29) is 5.56 Å². The molecule has 1 aromatic carbocycles. The Kier molecular flexibility index (Phi) is 3.28. The number of alkyl halides is 3. The molecular weight excluding hydrogens is 299 g/mol. The van der Waals surface area contributed by atoms with E-state index in [0.717, 1.165) is 41.8 Å². The number of ketones is 1. The number of nitrogens with two attached hydrogens (primary N) is 1. The smallest absolute Gasteiger partial charge is 0.390 e. The number of hydrogen-bond acceptors (Lipinski definition) is 3. The first-order valence-electron chi connectivity index (χ1n) is 6.50. The second-order valence-corrected chi connectivity index (χ2v) is 6.14. The number of hydrogen-bond donors (Lipinski definition) is 1. The van der Waals surface area contributed by atoms with Gasteiger partial charge in [-0.2, -0.15) is 13.2 Å². The first kappa shape index (κ1) is 14.1. The number of benzene rings is 1. The molecule has 110 valence electrons. The lowest BCUT2D eigenvalue weighted by Gasteiger charge is -2.09. The van der Waals surface area contributed by atoms with E-state index in [1.807, 2.05) is 0 Å². The molecule has 0 bridgehead atoms. The number of aryl methyl sites for hydroxylation is 1. The minimum atomic E-state index is -4.46. The van der Waals surface area contributed by atoms with Crippen LogP contribution in [0.15, 0.2) is 24.3 Å². The molecule has 0 saturated carbocycles. The fraction of sp³-hybridized carbons (Fsp3) is 0.267. The normalized spacial score (nSPS) is 14.2. The van der Waals surface area contributed by atoms with E-state index in [1.54, 1.807) is 0 Å². The zero-order valence-electron chi connectivity index (χ0n) is 11.0. The van der Waals surface area contributed by atoms with Crippen LogP contribution in [0.25, 0.3) is 0 Å². The molecule has 6 heteroatoms. The third kappa shape index (κ3) is 2.44. The number of halogens is 3. The van der Waals surface area contributed by atoms with Crippen LogP contribution in [-0.4, -0.2) is 5.78 Å². The summed E-state index contributed by atoms with van der Waals surface area (Å²) in [6, 6.07) is 4.49. The fourth-order valence-electron chi connectivity index (χ4n) is 2.66. The molecule has 3 rings (SSSR count). The van der Waals surface area contributed by atoms with Gasteiger partial charge in [-0.15, -0.1) is 11.3 Å². The Hall–Kier alpha value is -1.82. The summed E-state index contributed by atoms with van der Waals surface area (Å²) in [7, 11) is 0. The van der Waals surface area contributed by atoms with Gasteiger partial charge in [0.15, 0.2) is 5.78 Å². The Morgan fingerprint density at radius 1 is 1.24 bits per heavy atom. The largest absolute Gasteiger partial charge is 0.416 e. The Labute approximate surface area is 123 Å². The van der Waals surface area contributed by atoms with Crippen molar-refractivity contribution in [1.82, 2.24) is 0 Å². The summed E-state index contributed by atoms with van der Waals surface area (Å²) in [4.78, 5) is 13.6. The Balaban J connectivity index is 2.04. The summed E-state index contributed by atoms with van der Waals surface area (Å²) >= 11 is 1.37. The first-order valence-corrected chi connectivity index (χ1v) is 7.31. The number of nitrogen functional groups attached to an aromatic ring is 1. The molecule has 1 heterocycles. The third-order valence-corrected chi connectivity index (χ3v) is 4.75. The highest BCUT2D eigenvalue weighted by Crippen LogP contribution is 2.39. The van der Waals surface area contributed by atoms with Crippen molar-refractivity contribution >= 4 is 22.1 Å². The second-order valence-electron chi connectivity index (χ2n) is 5.00. The average Bonchev–Trinajstić information content (AvgIpc) is 2.97. The number of thiophene rings is 1. The van der Waals surface area contributed by atoms with Crippen LogP contribution in [0, 0.1) is 0 Å². The first-order chi connectivity index (χ1) is 9.88. The van der Waals surface area contributed by atoms with Gasteiger partial charge in [-0.3, -0.25) is 4.79 Å². The van der Waals surface area contributed by atoms with Crippen molar-refractivity contribution in [2.75, 3.05) is 5.73 Å². The molecule has 1 aromatic heterocycles. The van der Waals surface area contributed by atoms with Gasteiger partial charge in [0.25, 0.3) is 0 Å². The van der Waals surface area contributed by atoms with Crippen molar-refractivity contribution in [3.63, 3.8) is 0 Å². The Morgan fingerprint density at radius 3 is 2.71 bits per heavy atom. The number of anilines is 1. The van der Waals surface area contributed by atoms with Crippen molar-refractivity contribution in [3.8, 4) is 0 Å². The highest BCUT2D eigenvalue weighted by atomic mass is 32.1. The van der Waals surface area contributed by atoms with Crippen molar-refractivity contribution in [1.29, 1.82) is 0 Å². The number of fused-ring (bicyclic) bond motifs is 1. The van der Waals surface area contributed by atoms with Gasteiger partial charge in [-0.25, -0.2) is 0 Å². The molecular formula is C15H12F3NOS. The molecule has 0 unspecified atom stereocenters. The Morgan fingerprint density at radius 2 is 2.00 bits per heavy atom. The lowest BCUT2D eigenvalue weighted by atomic mass is 9.99. The summed E-state index contributed by atoms with van der Waals surface area (Å²) < 4.78 is 38.2. The molecule has 2 N–H and O–H groups in total. The van der Waals surface area contributed by atoms with Crippen LogP contribution in [0.3, 0.4) is 0 Å². The molecule has 0 aliphatic heterocycles. The van der Waals surface area contributed by atoms with Crippen LogP contribution in [0.4, 0.5) is 18.2 Å². The van der Waals surface area contributed by atoms with E-state index in [4.69, 9.17) is 5.73 Å². The number of rotatable bonds is 2. The van der Waals surface area contributed by atoms with Crippen molar-refractivity contribution in [2.24, 2.45) is 0 Å². The standard InChI is InChI=1S/C15H12F3NOS/c16-15(17,18)9-4-1-3-8(7-9)13(20)12-10-5-2-6-11(10)21-14(12)19/h1,3-4,7H,2,5-6,19H2. The summed E-state index contributed by atoms with van der Waals surface area (Å²) in [5, 5.41) is 0.405. The summed E-state index contributed by atoms with van der Waals surface area (Å²) in [5.74, 6) is -0.419. The molecule has 2 nitrogen and oxygen atoms in total. The van der Waals surface area contributed by atoms with Crippen LogP contribution in [0.2, 0.25) is 0 Å². The quantitative estimate of drug-likeness (QED) is 0.850. The lowest BCUT2D eigenvalue weighted by molar-refractivity contribution is -0.137. The molecule has 21 heavy (non-hydrogen) atoms. The van der Waals surface area contributed by atoms with Gasteiger partial charge in [-0.05, 0) is 37.0 Å². The summed E-state index contributed by atoms with van der Waals surface area (Å²) in [5.41, 5.74) is 6.41. The molecule has 1 aliphatic rings. The zero-order valence-corrected chi connectivity index (χ0v) is 11.8. The van der Waals surface area contributed by atoms with Crippen LogP contribution in [-0.2, 0) is 19.0 Å². The van der Waals surface area contributed by atoms with Crippen molar-refractivity contribution in [3.05, 3.63) is 51.4 Å².